The van der Waals surface area contributed by atoms with Gasteiger partial charge in [0.15, 0.2) is 0 Å². The van der Waals surface area contributed by atoms with Crippen LogP contribution in [0.1, 0.15) is 18.4 Å². The Morgan fingerprint density at radius 1 is 1.22 bits per heavy atom. The van der Waals surface area contributed by atoms with Crippen molar-refractivity contribution in [2.24, 2.45) is 10.1 Å². The Balaban J connectivity index is 2.06. The average Bonchev–Trinajstić information content (AvgIpc) is 3.13. The topological polar surface area (TPSA) is 42.8 Å². The van der Waals surface area contributed by atoms with Crippen molar-refractivity contribution >= 4 is 33.5 Å². The van der Waals surface area contributed by atoms with E-state index in [1.165, 1.54) is 0 Å². The van der Waals surface area contributed by atoms with E-state index < -0.39 is 0 Å². The summed E-state index contributed by atoms with van der Waals surface area (Å²) >= 11 is 5.05. The Morgan fingerprint density at radius 2 is 2.00 bits per heavy atom. The average molecular weight is 390 g/mol. The minimum absolute atomic E-state index is 0.718. The van der Waals surface area contributed by atoms with Crippen molar-refractivity contribution in [2.45, 2.75) is 13.8 Å². The Morgan fingerprint density at radius 3 is 2.65 bits per heavy atom. The van der Waals surface area contributed by atoms with Crippen LogP contribution in [-0.4, -0.2) is 17.4 Å². The first-order chi connectivity index (χ1) is 11.2. The third kappa shape index (κ3) is 3.71. The molecule has 0 N–H and O–H groups in total. The molecule has 0 saturated carbocycles. The molecule has 2 heterocycles. The van der Waals surface area contributed by atoms with E-state index in [0.29, 0.717) is 0 Å². The normalized spacial score (nSPS) is 12.4. The van der Waals surface area contributed by atoms with Gasteiger partial charge in [-0.05, 0) is 38.1 Å². The van der Waals surface area contributed by atoms with Gasteiger partial charge in [0.2, 0.25) is 4.80 Å². The van der Waals surface area contributed by atoms with Crippen molar-refractivity contribution in [3.63, 3.8) is 0 Å². The maximum absolute atomic E-state index is 5.55. The van der Waals surface area contributed by atoms with E-state index in [1.54, 1.807) is 17.6 Å². The number of aryl methyl sites for hydroxylation is 1. The molecule has 23 heavy (non-hydrogen) atoms. The van der Waals surface area contributed by atoms with Gasteiger partial charge in [-0.15, -0.1) is 11.3 Å². The van der Waals surface area contributed by atoms with Crippen molar-refractivity contribution in [1.82, 2.24) is 4.68 Å². The van der Waals surface area contributed by atoms with Crippen LogP contribution in [-0.2, 0) is 0 Å². The van der Waals surface area contributed by atoms with E-state index in [9.17, 15) is 0 Å². The van der Waals surface area contributed by atoms with Crippen LogP contribution in [0, 0.1) is 6.92 Å². The van der Waals surface area contributed by atoms with Gasteiger partial charge in [0, 0.05) is 22.0 Å². The molecule has 4 nitrogen and oxygen atoms in total. The standard InChI is InChI=1S/C17H16BrN3OS/c1-3-19-17-21(20-10-15-9-4-12(2)22-15)16(11-23-17)13-5-7-14(18)8-6-13/h4-11H,3H2,1-2H3. The molecule has 0 unspecified atom stereocenters. The lowest BCUT2D eigenvalue weighted by Crippen LogP contribution is -2.12. The molecule has 0 aliphatic carbocycles. The Bertz CT molecular complexity index is 887. The van der Waals surface area contributed by atoms with Gasteiger partial charge < -0.3 is 4.42 Å². The second kappa shape index (κ2) is 7.10. The van der Waals surface area contributed by atoms with Crippen LogP contribution >= 0.6 is 27.3 Å². The van der Waals surface area contributed by atoms with Crippen molar-refractivity contribution in [2.75, 3.05) is 6.54 Å². The van der Waals surface area contributed by atoms with Crippen molar-refractivity contribution < 1.29 is 4.42 Å². The number of furan rings is 1. The molecule has 0 radical (unpaired) electrons. The summed E-state index contributed by atoms with van der Waals surface area (Å²) in [5.74, 6) is 1.60. The van der Waals surface area contributed by atoms with Gasteiger partial charge in [0.25, 0.3) is 0 Å². The highest BCUT2D eigenvalue weighted by molar-refractivity contribution is 9.10. The van der Waals surface area contributed by atoms with Gasteiger partial charge >= 0.3 is 0 Å². The summed E-state index contributed by atoms with van der Waals surface area (Å²) in [4.78, 5) is 5.38. The predicted octanol–water partition coefficient (Wildman–Crippen LogP) is 4.68. The lowest BCUT2D eigenvalue weighted by atomic mass is 10.2. The van der Waals surface area contributed by atoms with Gasteiger partial charge in [-0.3, -0.25) is 4.99 Å². The fraction of sp³-hybridized carbons (Fsp3) is 0.176. The lowest BCUT2D eigenvalue weighted by molar-refractivity contribution is 0.527. The SMILES string of the molecule is CCN=c1scc(-c2ccc(Br)cc2)n1N=Cc1ccc(C)o1. The number of benzene rings is 1. The molecule has 0 aliphatic rings. The fourth-order valence-corrected chi connectivity index (χ4v) is 3.28. The first-order valence-electron chi connectivity index (χ1n) is 7.25. The van der Waals surface area contributed by atoms with Gasteiger partial charge in [-0.25, -0.2) is 4.68 Å². The number of rotatable bonds is 4. The lowest BCUT2D eigenvalue weighted by Gasteiger charge is -2.03. The molecule has 0 saturated heterocycles. The molecule has 0 atom stereocenters. The first-order valence-corrected chi connectivity index (χ1v) is 8.92. The zero-order valence-corrected chi connectivity index (χ0v) is 15.3. The largest absolute Gasteiger partial charge is 0.460 e. The van der Waals surface area contributed by atoms with Crippen LogP contribution in [0.2, 0.25) is 0 Å². The summed E-state index contributed by atoms with van der Waals surface area (Å²) < 4.78 is 8.46. The molecule has 0 aliphatic heterocycles. The zero-order chi connectivity index (χ0) is 16.2. The van der Waals surface area contributed by atoms with Crippen LogP contribution in [0.4, 0.5) is 0 Å². The summed E-state index contributed by atoms with van der Waals surface area (Å²) in [6, 6.07) is 12.0. The van der Waals surface area contributed by atoms with E-state index in [2.05, 4.69) is 43.5 Å². The van der Waals surface area contributed by atoms with Crippen LogP contribution in [0.5, 0.6) is 0 Å². The molecule has 3 aromatic rings. The van der Waals surface area contributed by atoms with Gasteiger partial charge in [-0.2, -0.15) is 5.10 Å². The van der Waals surface area contributed by atoms with E-state index in [4.69, 9.17) is 4.42 Å². The number of halogens is 1. The smallest absolute Gasteiger partial charge is 0.206 e. The van der Waals surface area contributed by atoms with E-state index >= 15 is 0 Å². The van der Waals surface area contributed by atoms with Crippen LogP contribution in [0.15, 0.2) is 60.8 Å². The number of aromatic nitrogens is 1. The van der Waals surface area contributed by atoms with Gasteiger partial charge in [0.1, 0.15) is 11.5 Å². The summed E-state index contributed by atoms with van der Waals surface area (Å²) in [7, 11) is 0. The van der Waals surface area contributed by atoms with Gasteiger partial charge in [-0.1, -0.05) is 28.1 Å². The summed E-state index contributed by atoms with van der Waals surface area (Å²) in [5.41, 5.74) is 2.10. The molecule has 0 fully saturated rings. The molecule has 1 aromatic carbocycles. The number of hydrogen-bond donors (Lipinski definition) is 0. The number of nitrogens with zero attached hydrogens (tertiary/aromatic N) is 3. The van der Waals surface area contributed by atoms with Crippen molar-refractivity contribution in [3.05, 3.63) is 62.6 Å². The molecule has 6 heteroatoms. The Labute approximate surface area is 146 Å². The second-order valence-electron chi connectivity index (χ2n) is 4.89. The summed E-state index contributed by atoms with van der Waals surface area (Å²) in [5, 5.41) is 6.64. The van der Waals surface area contributed by atoms with E-state index in [-0.39, 0.29) is 0 Å². The molecule has 2 aromatic heterocycles. The molecular formula is C17H16BrN3OS. The highest BCUT2D eigenvalue weighted by Crippen LogP contribution is 2.22. The highest BCUT2D eigenvalue weighted by atomic mass is 79.9. The Kier molecular flexibility index (Phi) is 4.93. The quantitative estimate of drug-likeness (QED) is 0.597. The molecule has 0 spiro atoms. The molecule has 0 bridgehead atoms. The minimum Gasteiger partial charge on any atom is -0.460 e. The summed E-state index contributed by atoms with van der Waals surface area (Å²) in [6.07, 6.45) is 1.72. The van der Waals surface area contributed by atoms with E-state index in [0.717, 1.165) is 38.6 Å². The Hall–Kier alpha value is -1.92. The third-order valence-electron chi connectivity index (χ3n) is 3.18. The molecular weight excluding hydrogens is 374 g/mol. The van der Waals surface area contributed by atoms with Gasteiger partial charge in [0.05, 0.1) is 11.9 Å². The first kappa shape index (κ1) is 16.0. The van der Waals surface area contributed by atoms with E-state index in [1.807, 2.05) is 42.8 Å². The molecule has 0 amide bonds. The fourth-order valence-electron chi connectivity index (χ4n) is 2.11. The predicted molar refractivity (Wildman–Crippen MR) is 98.0 cm³/mol. The third-order valence-corrected chi connectivity index (χ3v) is 4.56. The zero-order valence-electron chi connectivity index (χ0n) is 12.9. The second-order valence-corrected chi connectivity index (χ2v) is 6.64. The van der Waals surface area contributed by atoms with Crippen LogP contribution in [0.25, 0.3) is 11.3 Å². The van der Waals surface area contributed by atoms with Crippen LogP contribution in [0.3, 0.4) is 0 Å². The number of hydrogen-bond acceptors (Lipinski definition) is 4. The monoisotopic (exact) mass is 389 g/mol. The van der Waals surface area contributed by atoms with Crippen LogP contribution < -0.4 is 4.80 Å². The minimum atomic E-state index is 0.718. The maximum atomic E-state index is 5.55. The maximum Gasteiger partial charge on any atom is 0.206 e. The van der Waals surface area contributed by atoms with Crippen molar-refractivity contribution in [3.8, 4) is 11.3 Å². The summed E-state index contributed by atoms with van der Waals surface area (Å²) in [6.45, 7) is 4.65. The highest BCUT2D eigenvalue weighted by Gasteiger charge is 2.07. The molecule has 118 valence electrons. The van der Waals surface area contributed by atoms with Crippen molar-refractivity contribution in [1.29, 1.82) is 0 Å². The number of thiazole rings is 1. The molecule has 3 rings (SSSR count).